The molecule has 88 valence electrons. The summed E-state index contributed by atoms with van der Waals surface area (Å²) < 4.78 is 18.5. The van der Waals surface area contributed by atoms with Gasteiger partial charge < -0.3 is 15.8 Å². The molecule has 1 aromatic carbocycles. The third kappa shape index (κ3) is 2.64. The molecule has 2 rings (SSSR count). The van der Waals surface area contributed by atoms with Crippen molar-refractivity contribution in [1.82, 2.24) is 0 Å². The zero-order valence-electron chi connectivity index (χ0n) is 9.37. The molecule has 0 aliphatic heterocycles. The third-order valence-corrected chi connectivity index (χ3v) is 2.79. The average Bonchev–Trinajstić information content (AvgIpc) is 2.13. The standard InChI is InChI=1S/C12H17FN2O/c1-2-16-12-6-11(7-12)15-10-4-8(13)3-9(14)5-10/h3-5,11-12,15H,2,6-7,14H2,1H3. The maximum absolute atomic E-state index is 13.1. The number of hydrogen-bond acceptors (Lipinski definition) is 3. The molecule has 0 spiro atoms. The molecular weight excluding hydrogens is 207 g/mol. The van der Waals surface area contributed by atoms with Crippen molar-refractivity contribution in [3.05, 3.63) is 24.0 Å². The number of nitrogen functional groups attached to an aromatic ring is 1. The third-order valence-electron chi connectivity index (χ3n) is 2.79. The van der Waals surface area contributed by atoms with Crippen molar-refractivity contribution in [3.8, 4) is 0 Å². The van der Waals surface area contributed by atoms with Gasteiger partial charge in [0, 0.05) is 24.0 Å². The number of hydrogen-bond donors (Lipinski definition) is 2. The van der Waals surface area contributed by atoms with Gasteiger partial charge in [0.2, 0.25) is 0 Å². The minimum atomic E-state index is -0.303. The molecule has 0 saturated heterocycles. The highest BCUT2D eigenvalue weighted by molar-refractivity contribution is 5.55. The monoisotopic (exact) mass is 224 g/mol. The van der Waals surface area contributed by atoms with Gasteiger partial charge in [-0.25, -0.2) is 4.39 Å². The van der Waals surface area contributed by atoms with Gasteiger partial charge in [-0.15, -0.1) is 0 Å². The van der Waals surface area contributed by atoms with E-state index >= 15 is 0 Å². The zero-order valence-corrected chi connectivity index (χ0v) is 9.37. The lowest BCUT2D eigenvalue weighted by atomic mass is 9.89. The van der Waals surface area contributed by atoms with Crippen molar-refractivity contribution in [2.24, 2.45) is 0 Å². The molecule has 0 aromatic heterocycles. The van der Waals surface area contributed by atoms with Crippen LogP contribution in [0.3, 0.4) is 0 Å². The fraction of sp³-hybridized carbons (Fsp3) is 0.500. The van der Waals surface area contributed by atoms with Gasteiger partial charge in [0.15, 0.2) is 0 Å². The van der Waals surface area contributed by atoms with E-state index in [1.165, 1.54) is 12.1 Å². The topological polar surface area (TPSA) is 47.3 Å². The summed E-state index contributed by atoms with van der Waals surface area (Å²) >= 11 is 0. The molecule has 0 atom stereocenters. The van der Waals surface area contributed by atoms with Gasteiger partial charge in [-0.2, -0.15) is 0 Å². The molecule has 1 aliphatic carbocycles. The number of rotatable bonds is 4. The fourth-order valence-corrected chi connectivity index (χ4v) is 1.99. The molecule has 4 heteroatoms. The number of benzene rings is 1. The molecule has 0 amide bonds. The van der Waals surface area contributed by atoms with Crippen molar-refractivity contribution in [2.45, 2.75) is 31.9 Å². The Morgan fingerprint density at radius 3 is 2.81 bits per heavy atom. The average molecular weight is 224 g/mol. The van der Waals surface area contributed by atoms with Gasteiger partial charge in [-0.1, -0.05) is 0 Å². The van der Waals surface area contributed by atoms with Crippen LogP contribution in [0.15, 0.2) is 18.2 Å². The molecule has 1 aromatic rings. The predicted molar refractivity (Wildman–Crippen MR) is 62.9 cm³/mol. The molecule has 0 radical (unpaired) electrons. The number of nitrogens with two attached hydrogens (primary N) is 1. The SMILES string of the molecule is CCOC1CC(Nc2cc(N)cc(F)c2)C1. The summed E-state index contributed by atoms with van der Waals surface area (Å²) in [6.07, 6.45) is 2.31. The largest absolute Gasteiger partial charge is 0.399 e. The van der Waals surface area contributed by atoms with Crippen molar-refractivity contribution < 1.29 is 9.13 Å². The summed E-state index contributed by atoms with van der Waals surface area (Å²) in [5, 5.41) is 3.25. The van der Waals surface area contributed by atoms with Crippen LogP contribution in [0.2, 0.25) is 0 Å². The number of nitrogens with one attached hydrogen (secondary N) is 1. The Hall–Kier alpha value is -1.29. The quantitative estimate of drug-likeness (QED) is 0.772. The fourth-order valence-electron chi connectivity index (χ4n) is 1.99. The summed E-state index contributed by atoms with van der Waals surface area (Å²) in [5.41, 5.74) is 6.76. The van der Waals surface area contributed by atoms with E-state index in [1.54, 1.807) is 6.07 Å². The Labute approximate surface area is 94.8 Å². The van der Waals surface area contributed by atoms with E-state index in [2.05, 4.69) is 5.32 Å². The van der Waals surface area contributed by atoms with Crippen LogP contribution >= 0.6 is 0 Å². The van der Waals surface area contributed by atoms with E-state index in [4.69, 9.17) is 10.5 Å². The van der Waals surface area contributed by atoms with E-state index in [0.29, 0.717) is 17.8 Å². The van der Waals surface area contributed by atoms with Crippen LogP contribution in [0.5, 0.6) is 0 Å². The first kappa shape index (κ1) is 11.2. The van der Waals surface area contributed by atoms with Crippen molar-refractivity contribution in [3.63, 3.8) is 0 Å². The first-order chi connectivity index (χ1) is 7.67. The van der Waals surface area contributed by atoms with Crippen LogP contribution in [-0.4, -0.2) is 18.8 Å². The maximum Gasteiger partial charge on any atom is 0.127 e. The minimum absolute atomic E-state index is 0.303. The van der Waals surface area contributed by atoms with E-state index in [0.717, 1.165) is 25.1 Å². The summed E-state index contributed by atoms with van der Waals surface area (Å²) in [6.45, 7) is 2.75. The highest BCUT2D eigenvalue weighted by Gasteiger charge is 2.29. The van der Waals surface area contributed by atoms with Crippen LogP contribution in [-0.2, 0) is 4.74 Å². The molecule has 1 aliphatic rings. The van der Waals surface area contributed by atoms with E-state index in [9.17, 15) is 4.39 Å². The predicted octanol–water partition coefficient (Wildman–Crippen LogP) is 2.39. The lowest BCUT2D eigenvalue weighted by molar-refractivity contribution is 0.00299. The number of anilines is 2. The molecule has 3 N–H and O–H groups in total. The zero-order chi connectivity index (χ0) is 11.5. The van der Waals surface area contributed by atoms with Crippen LogP contribution in [0.4, 0.5) is 15.8 Å². The Bertz CT molecular complexity index is 344. The second-order valence-electron chi connectivity index (χ2n) is 4.16. The van der Waals surface area contributed by atoms with E-state index < -0.39 is 0 Å². The lowest BCUT2D eigenvalue weighted by Gasteiger charge is -2.36. The van der Waals surface area contributed by atoms with E-state index in [-0.39, 0.29) is 5.82 Å². The van der Waals surface area contributed by atoms with Gasteiger partial charge >= 0.3 is 0 Å². The molecule has 0 bridgehead atoms. The molecule has 0 heterocycles. The smallest absolute Gasteiger partial charge is 0.127 e. The molecular formula is C12H17FN2O. The first-order valence-corrected chi connectivity index (χ1v) is 5.61. The van der Waals surface area contributed by atoms with Crippen molar-refractivity contribution in [2.75, 3.05) is 17.7 Å². The van der Waals surface area contributed by atoms with Gasteiger partial charge in [-0.3, -0.25) is 0 Å². The number of halogens is 1. The second-order valence-corrected chi connectivity index (χ2v) is 4.16. The molecule has 0 unspecified atom stereocenters. The highest BCUT2D eigenvalue weighted by Crippen LogP contribution is 2.27. The van der Waals surface area contributed by atoms with Crippen LogP contribution < -0.4 is 11.1 Å². The Morgan fingerprint density at radius 2 is 2.19 bits per heavy atom. The van der Waals surface area contributed by atoms with Crippen molar-refractivity contribution in [1.29, 1.82) is 0 Å². The lowest BCUT2D eigenvalue weighted by Crippen LogP contribution is -2.40. The first-order valence-electron chi connectivity index (χ1n) is 5.61. The normalized spacial score (nSPS) is 23.9. The molecule has 1 saturated carbocycles. The van der Waals surface area contributed by atoms with Crippen molar-refractivity contribution >= 4 is 11.4 Å². The molecule has 1 fully saturated rings. The minimum Gasteiger partial charge on any atom is -0.399 e. The Kier molecular flexibility index (Phi) is 3.29. The molecule has 16 heavy (non-hydrogen) atoms. The van der Waals surface area contributed by atoms with Gasteiger partial charge in [0.05, 0.1) is 6.10 Å². The van der Waals surface area contributed by atoms with Gasteiger partial charge in [0.25, 0.3) is 0 Å². The Balaban J connectivity index is 1.86. The van der Waals surface area contributed by atoms with Gasteiger partial charge in [-0.05, 0) is 38.0 Å². The highest BCUT2D eigenvalue weighted by atomic mass is 19.1. The summed E-state index contributed by atoms with van der Waals surface area (Å²) in [7, 11) is 0. The van der Waals surface area contributed by atoms with Crippen LogP contribution in [0.1, 0.15) is 19.8 Å². The van der Waals surface area contributed by atoms with Crippen LogP contribution in [0.25, 0.3) is 0 Å². The molecule has 3 nitrogen and oxygen atoms in total. The van der Waals surface area contributed by atoms with Gasteiger partial charge in [0.1, 0.15) is 5.82 Å². The summed E-state index contributed by atoms with van der Waals surface area (Å²) in [6, 6.07) is 4.90. The summed E-state index contributed by atoms with van der Waals surface area (Å²) in [5.74, 6) is -0.303. The summed E-state index contributed by atoms with van der Waals surface area (Å²) in [4.78, 5) is 0. The van der Waals surface area contributed by atoms with Crippen LogP contribution in [0, 0.1) is 5.82 Å². The number of ether oxygens (including phenoxy) is 1. The Morgan fingerprint density at radius 1 is 1.44 bits per heavy atom. The maximum atomic E-state index is 13.1. The van der Waals surface area contributed by atoms with E-state index in [1.807, 2.05) is 6.92 Å². The second kappa shape index (κ2) is 4.70.